The lowest BCUT2D eigenvalue weighted by atomic mass is 10.0. The topological polar surface area (TPSA) is 83.1 Å². The number of ether oxygens (including phenoxy) is 1. The number of carbonyl (C=O) groups is 1. The smallest absolute Gasteiger partial charge is 0.260 e. The van der Waals surface area contributed by atoms with Crippen molar-refractivity contribution in [2.24, 2.45) is 5.92 Å². The van der Waals surface area contributed by atoms with Crippen LogP contribution in [-0.4, -0.2) is 74.9 Å². The molecule has 1 saturated heterocycles. The minimum atomic E-state index is -3.59. The van der Waals surface area contributed by atoms with E-state index in [4.69, 9.17) is 9.72 Å². The molecule has 10 heteroatoms. The van der Waals surface area contributed by atoms with Crippen LogP contribution in [0.5, 0.6) is 5.75 Å². The number of nitrogens with zero attached hydrogens (tertiary/aromatic N) is 4. The van der Waals surface area contributed by atoms with Gasteiger partial charge in [0.25, 0.3) is 5.91 Å². The molecule has 2 heterocycles. The van der Waals surface area contributed by atoms with Crippen LogP contribution in [0.4, 0.5) is 5.13 Å². The SMILES string of the molecule is CCN(CC)CCN(C(=O)c1ccc(S(=O)(=O)N2CCCC(C)C2)cc1)c1nc2c(OC)cccc2s1. The summed E-state index contributed by atoms with van der Waals surface area (Å²) in [5.74, 6) is 0.801. The minimum Gasteiger partial charge on any atom is -0.494 e. The highest BCUT2D eigenvalue weighted by Gasteiger charge is 2.29. The Morgan fingerprint density at radius 2 is 1.86 bits per heavy atom. The fourth-order valence-corrected chi connectivity index (χ4v) is 7.30. The molecule has 37 heavy (non-hydrogen) atoms. The number of piperidine rings is 1. The third-order valence-electron chi connectivity index (χ3n) is 6.96. The molecule has 200 valence electrons. The van der Waals surface area contributed by atoms with Gasteiger partial charge < -0.3 is 9.64 Å². The average Bonchev–Trinajstić information content (AvgIpc) is 3.35. The molecule has 8 nitrogen and oxygen atoms in total. The third kappa shape index (κ3) is 5.98. The predicted molar refractivity (Wildman–Crippen MR) is 149 cm³/mol. The van der Waals surface area contributed by atoms with Crippen LogP contribution in [0.25, 0.3) is 10.2 Å². The predicted octanol–water partition coefficient (Wildman–Crippen LogP) is 4.71. The summed E-state index contributed by atoms with van der Waals surface area (Å²) in [4.78, 5) is 22.7. The van der Waals surface area contributed by atoms with Gasteiger partial charge >= 0.3 is 0 Å². The Kier molecular flexibility index (Phi) is 8.84. The standard InChI is InChI=1S/C27H36N4O4S2/c1-5-29(6-2)17-18-31(27-28-25-23(35-4)10-7-11-24(25)36-27)26(32)21-12-14-22(15-13-21)37(33,34)30-16-8-9-20(3)19-30/h7,10-15,20H,5-6,8-9,16-19H2,1-4H3. The van der Waals surface area contributed by atoms with E-state index in [-0.39, 0.29) is 10.8 Å². The van der Waals surface area contributed by atoms with Crippen molar-refractivity contribution in [1.29, 1.82) is 0 Å². The summed E-state index contributed by atoms with van der Waals surface area (Å²) in [6, 6.07) is 12.1. The second kappa shape index (κ2) is 11.9. The Balaban J connectivity index is 1.63. The summed E-state index contributed by atoms with van der Waals surface area (Å²) in [7, 11) is -1.98. The molecule has 1 aliphatic heterocycles. The van der Waals surface area contributed by atoms with Gasteiger partial charge in [0.15, 0.2) is 5.13 Å². The Bertz CT molecular complexity index is 1320. The maximum absolute atomic E-state index is 13.8. The largest absolute Gasteiger partial charge is 0.494 e. The van der Waals surface area contributed by atoms with Crippen molar-refractivity contribution in [3.63, 3.8) is 0 Å². The van der Waals surface area contributed by atoms with E-state index < -0.39 is 10.0 Å². The van der Waals surface area contributed by atoms with Crippen molar-refractivity contribution in [3.8, 4) is 5.75 Å². The van der Waals surface area contributed by atoms with Crippen LogP contribution in [0.15, 0.2) is 47.4 Å². The Labute approximate surface area is 223 Å². The molecule has 0 spiro atoms. The molecule has 3 aromatic rings. The molecule has 1 atom stereocenters. The van der Waals surface area contributed by atoms with Gasteiger partial charge in [-0.15, -0.1) is 0 Å². The van der Waals surface area contributed by atoms with Crippen molar-refractivity contribution >= 4 is 42.6 Å². The number of para-hydroxylation sites is 1. The number of hydrogen-bond acceptors (Lipinski definition) is 7. The molecule has 1 fully saturated rings. The van der Waals surface area contributed by atoms with Crippen LogP contribution in [0.1, 0.15) is 44.0 Å². The number of anilines is 1. The number of rotatable bonds is 10. The van der Waals surface area contributed by atoms with Crippen molar-refractivity contribution in [2.45, 2.75) is 38.5 Å². The number of benzene rings is 2. The number of sulfonamides is 1. The maximum Gasteiger partial charge on any atom is 0.260 e. The second-order valence-corrected chi connectivity index (χ2v) is 12.4. The zero-order valence-electron chi connectivity index (χ0n) is 22.0. The maximum atomic E-state index is 13.8. The Morgan fingerprint density at radius 1 is 1.14 bits per heavy atom. The first-order chi connectivity index (χ1) is 17.8. The minimum absolute atomic E-state index is 0.208. The number of aromatic nitrogens is 1. The van der Waals surface area contributed by atoms with Crippen LogP contribution in [0, 0.1) is 5.92 Å². The monoisotopic (exact) mass is 544 g/mol. The number of amides is 1. The number of thiazole rings is 1. The van der Waals surface area contributed by atoms with E-state index in [0.29, 0.717) is 48.5 Å². The molecular formula is C27H36N4O4S2. The van der Waals surface area contributed by atoms with Gasteiger partial charge in [0, 0.05) is 31.7 Å². The molecule has 0 N–H and O–H groups in total. The van der Waals surface area contributed by atoms with Crippen molar-refractivity contribution in [3.05, 3.63) is 48.0 Å². The quantitative estimate of drug-likeness (QED) is 0.368. The van der Waals surface area contributed by atoms with Gasteiger partial charge in [-0.05, 0) is 68.2 Å². The first-order valence-corrected chi connectivity index (χ1v) is 15.1. The lowest BCUT2D eigenvalue weighted by Crippen LogP contribution is -2.39. The van der Waals surface area contributed by atoms with Gasteiger partial charge in [-0.2, -0.15) is 4.31 Å². The number of methoxy groups -OCH3 is 1. The third-order valence-corrected chi connectivity index (χ3v) is 9.88. The van der Waals surface area contributed by atoms with Crippen LogP contribution in [0.2, 0.25) is 0 Å². The highest BCUT2D eigenvalue weighted by atomic mass is 32.2. The van der Waals surface area contributed by atoms with Crippen molar-refractivity contribution < 1.29 is 17.9 Å². The molecule has 1 unspecified atom stereocenters. The number of fused-ring (bicyclic) bond motifs is 1. The molecule has 1 aliphatic rings. The fraction of sp³-hybridized carbons (Fsp3) is 0.481. The van der Waals surface area contributed by atoms with E-state index in [1.165, 1.54) is 11.3 Å². The Morgan fingerprint density at radius 3 is 2.51 bits per heavy atom. The van der Waals surface area contributed by atoms with Crippen molar-refractivity contribution in [1.82, 2.24) is 14.2 Å². The van der Waals surface area contributed by atoms with Crippen LogP contribution < -0.4 is 9.64 Å². The lowest BCUT2D eigenvalue weighted by molar-refractivity contribution is 0.0983. The summed E-state index contributed by atoms with van der Waals surface area (Å²) < 4.78 is 34.3. The van der Waals surface area contributed by atoms with Gasteiger partial charge in [0.1, 0.15) is 11.3 Å². The first-order valence-electron chi connectivity index (χ1n) is 12.9. The van der Waals surface area contributed by atoms with E-state index >= 15 is 0 Å². The molecule has 0 aliphatic carbocycles. The normalized spacial score (nSPS) is 16.8. The van der Waals surface area contributed by atoms with Gasteiger partial charge in [0.2, 0.25) is 10.0 Å². The van der Waals surface area contributed by atoms with E-state index in [9.17, 15) is 13.2 Å². The van der Waals surface area contributed by atoms with E-state index in [1.807, 2.05) is 18.2 Å². The van der Waals surface area contributed by atoms with Gasteiger partial charge in [-0.1, -0.05) is 38.2 Å². The highest BCUT2D eigenvalue weighted by molar-refractivity contribution is 7.89. The summed E-state index contributed by atoms with van der Waals surface area (Å²) in [6.07, 6.45) is 1.91. The number of likely N-dealkylation sites (N-methyl/N-ethyl adjacent to an activating group) is 1. The van der Waals surface area contributed by atoms with Crippen LogP contribution in [0.3, 0.4) is 0 Å². The van der Waals surface area contributed by atoms with Crippen molar-refractivity contribution in [2.75, 3.05) is 51.3 Å². The molecule has 2 aromatic carbocycles. The summed E-state index contributed by atoms with van der Waals surface area (Å²) in [6.45, 7) is 10.3. The molecule has 0 saturated carbocycles. The first kappa shape index (κ1) is 27.5. The number of hydrogen-bond donors (Lipinski definition) is 0. The van der Waals surface area contributed by atoms with E-state index in [1.54, 1.807) is 40.6 Å². The molecular weight excluding hydrogens is 508 g/mol. The summed E-state index contributed by atoms with van der Waals surface area (Å²) in [5.41, 5.74) is 1.15. The number of carbonyl (C=O) groups excluding carboxylic acids is 1. The summed E-state index contributed by atoms with van der Waals surface area (Å²) >= 11 is 1.44. The lowest BCUT2D eigenvalue weighted by Gasteiger charge is -2.30. The second-order valence-electron chi connectivity index (χ2n) is 9.42. The molecule has 0 bridgehead atoms. The van der Waals surface area contributed by atoms with Crippen LogP contribution in [-0.2, 0) is 10.0 Å². The molecule has 1 aromatic heterocycles. The fourth-order valence-electron chi connectivity index (χ4n) is 4.70. The van der Waals surface area contributed by atoms with Crippen LogP contribution >= 0.6 is 11.3 Å². The molecule has 0 radical (unpaired) electrons. The zero-order chi connectivity index (χ0) is 26.6. The van der Waals surface area contributed by atoms with E-state index in [0.717, 1.165) is 36.1 Å². The van der Waals surface area contributed by atoms with Gasteiger partial charge in [-0.3, -0.25) is 9.69 Å². The average molecular weight is 545 g/mol. The van der Waals surface area contributed by atoms with Gasteiger partial charge in [-0.25, -0.2) is 13.4 Å². The highest BCUT2D eigenvalue weighted by Crippen LogP contribution is 2.34. The summed E-state index contributed by atoms with van der Waals surface area (Å²) in [5, 5.41) is 0.593. The molecule has 4 rings (SSSR count). The van der Waals surface area contributed by atoms with E-state index in [2.05, 4.69) is 25.7 Å². The molecule has 1 amide bonds. The zero-order valence-corrected chi connectivity index (χ0v) is 23.6. The Hall–Kier alpha value is -2.53. The van der Waals surface area contributed by atoms with Gasteiger partial charge in [0.05, 0.1) is 16.7 Å².